The number of nitrogens with zero attached hydrogens (tertiary/aromatic N) is 1. The monoisotopic (exact) mass is 414 g/mol. The van der Waals surface area contributed by atoms with Crippen LogP contribution in [0.1, 0.15) is 37.3 Å². The number of rotatable bonds is 7. The molecule has 0 aliphatic carbocycles. The van der Waals surface area contributed by atoms with Crippen molar-refractivity contribution in [2.45, 2.75) is 50.5 Å². The third-order valence-corrected chi connectivity index (χ3v) is 7.27. The SMILES string of the molecule is CCS(=O)(=O)c1ccc(N2CCC(NC(=O)CCc3cccc(C)c3)CC2)cc1. The molecule has 0 radical (unpaired) electrons. The van der Waals surface area contributed by atoms with Gasteiger partial charge in [0.25, 0.3) is 0 Å². The lowest BCUT2D eigenvalue weighted by Crippen LogP contribution is -2.44. The number of aryl methyl sites for hydroxylation is 2. The van der Waals surface area contributed by atoms with Crippen molar-refractivity contribution in [1.29, 1.82) is 0 Å². The minimum atomic E-state index is -3.16. The van der Waals surface area contributed by atoms with E-state index in [1.807, 2.05) is 18.2 Å². The lowest BCUT2D eigenvalue weighted by atomic mass is 10.0. The molecule has 1 fully saturated rings. The van der Waals surface area contributed by atoms with E-state index >= 15 is 0 Å². The first-order chi connectivity index (χ1) is 13.9. The topological polar surface area (TPSA) is 66.5 Å². The summed E-state index contributed by atoms with van der Waals surface area (Å²) in [6, 6.07) is 15.6. The van der Waals surface area contributed by atoms with Crippen LogP contribution in [-0.2, 0) is 21.1 Å². The van der Waals surface area contributed by atoms with Gasteiger partial charge in [-0.05, 0) is 56.0 Å². The van der Waals surface area contributed by atoms with Gasteiger partial charge in [-0.15, -0.1) is 0 Å². The second-order valence-corrected chi connectivity index (χ2v) is 9.99. The number of carbonyl (C=O) groups excluding carboxylic acids is 1. The number of hydrogen-bond acceptors (Lipinski definition) is 4. The predicted octanol–water partition coefficient (Wildman–Crippen LogP) is 3.51. The molecule has 0 bridgehead atoms. The zero-order valence-corrected chi connectivity index (χ0v) is 18.0. The number of carbonyl (C=O) groups is 1. The van der Waals surface area contributed by atoms with Crippen LogP contribution >= 0.6 is 0 Å². The Bertz CT molecular complexity index is 931. The molecule has 0 saturated carbocycles. The molecule has 1 saturated heterocycles. The highest BCUT2D eigenvalue weighted by Gasteiger charge is 2.21. The molecule has 2 aromatic carbocycles. The molecule has 0 atom stereocenters. The summed E-state index contributed by atoms with van der Waals surface area (Å²) in [7, 11) is -3.16. The highest BCUT2D eigenvalue weighted by atomic mass is 32.2. The molecule has 1 amide bonds. The van der Waals surface area contributed by atoms with Crippen LogP contribution < -0.4 is 10.2 Å². The van der Waals surface area contributed by atoms with Crippen LogP contribution in [0.2, 0.25) is 0 Å². The van der Waals surface area contributed by atoms with Gasteiger partial charge in [-0.3, -0.25) is 4.79 Å². The summed E-state index contributed by atoms with van der Waals surface area (Å²) < 4.78 is 23.9. The van der Waals surface area contributed by atoms with E-state index in [1.165, 1.54) is 11.1 Å². The average molecular weight is 415 g/mol. The van der Waals surface area contributed by atoms with Crippen LogP contribution in [0.4, 0.5) is 5.69 Å². The standard InChI is InChI=1S/C23H30N2O3S/c1-3-29(27,28)22-10-8-21(9-11-22)25-15-13-20(14-16-25)24-23(26)12-7-19-6-4-5-18(2)17-19/h4-6,8-11,17,20H,3,7,12-16H2,1-2H3,(H,24,26). The summed E-state index contributed by atoms with van der Waals surface area (Å²) in [6.45, 7) is 5.42. The van der Waals surface area contributed by atoms with Gasteiger partial charge in [0.2, 0.25) is 5.91 Å². The van der Waals surface area contributed by atoms with E-state index in [0.717, 1.165) is 38.0 Å². The zero-order chi connectivity index (χ0) is 20.9. The quantitative estimate of drug-likeness (QED) is 0.753. The summed E-state index contributed by atoms with van der Waals surface area (Å²) in [4.78, 5) is 14.9. The van der Waals surface area contributed by atoms with E-state index in [-0.39, 0.29) is 17.7 Å². The summed E-state index contributed by atoms with van der Waals surface area (Å²) in [5.74, 6) is 0.223. The van der Waals surface area contributed by atoms with Crippen molar-refractivity contribution >= 4 is 21.4 Å². The smallest absolute Gasteiger partial charge is 0.220 e. The van der Waals surface area contributed by atoms with Crippen LogP contribution in [0.15, 0.2) is 53.4 Å². The van der Waals surface area contributed by atoms with Crippen molar-refractivity contribution in [3.8, 4) is 0 Å². The fourth-order valence-electron chi connectivity index (χ4n) is 3.74. The molecule has 6 heteroatoms. The highest BCUT2D eigenvalue weighted by Crippen LogP contribution is 2.22. The van der Waals surface area contributed by atoms with Crippen LogP contribution in [0, 0.1) is 6.92 Å². The number of anilines is 1. The number of sulfone groups is 1. The maximum absolute atomic E-state index is 12.3. The van der Waals surface area contributed by atoms with Gasteiger partial charge in [-0.2, -0.15) is 0 Å². The maximum Gasteiger partial charge on any atom is 0.220 e. The molecule has 156 valence electrons. The van der Waals surface area contributed by atoms with Crippen molar-refractivity contribution in [3.63, 3.8) is 0 Å². The zero-order valence-electron chi connectivity index (χ0n) is 17.2. The Balaban J connectivity index is 1.46. The molecular weight excluding hydrogens is 384 g/mol. The highest BCUT2D eigenvalue weighted by molar-refractivity contribution is 7.91. The molecule has 1 aliphatic heterocycles. The van der Waals surface area contributed by atoms with Gasteiger partial charge in [0.1, 0.15) is 0 Å². The van der Waals surface area contributed by atoms with E-state index in [4.69, 9.17) is 0 Å². The minimum absolute atomic E-state index is 0.110. The summed E-state index contributed by atoms with van der Waals surface area (Å²) in [5.41, 5.74) is 3.45. The Labute approximate surface area is 174 Å². The normalized spacial score (nSPS) is 15.3. The van der Waals surface area contributed by atoms with E-state index < -0.39 is 9.84 Å². The van der Waals surface area contributed by atoms with Gasteiger partial charge in [-0.1, -0.05) is 36.8 Å². The molecule has 0 unspecified atom stereocenters. The molecule has 5 nitrogen and oxygen atoms in total. The Morgan fingerprint density at radius 3 is 2.41 bits per heavy atom. The van der Waals surface area contributed by atoms with Crippen molar-refractivity contribution in [3.05, 3.63) is 59.7 Å². The average Bonchev–Trinajstić information content (AvgIpc) is 2.73. The number of piperidine rings is 1. The first-order valence-corrected chi connectivity index (χ1v) is 12.0. The molecule has 2 aromatic rings. The predicted molar refractivity (Wildman–Crippen MR) is 117 cm³/mol. The molecule has 1 heterocycles. The number of amides is 1. The Kier molecular flexibility index (Phi) is 6.96. The number of nitrogens with one attached hydrogen (secondary N) is 1. The first-order valence-electron chi connectivity index (χ1n) is 10.3. The molecule has 1 N–H and O–H groups in total. The van der Waals surface area contributed by atoms with Crippen LogP contribution in [0.5, 0.6) is 0 Å². The van der Waals surface area contributed by atoms with Crippen molar-refractivity contribution < 1.29 is 13.2 Å². The van der Waals surface area contributed by atoms with E-state index in [0.29, 0.717) is 11.3 Å². The lowest BCUT2D eigenvalue weighted by Gasteiger charge is -2.34. The van der Waals surface area contributed by atoms with E-state index in [9.17, 15) is 13.2 Å². The fraction of sp³-hybridized carbons (Fsp3) is 0.435. The van der Waals surface area contributed by atoms with E-state index in [2.05, 4.69) is 35.3 Å². The molecule has 29 heavy (non-hydrogen) atoms. The third-order valence-electron chi connectivity index (χ3n) is 5.52. The minimum Gasteiger partial charge on any atom is -0.371 e. The van der Waals surface area contributed by atoms with Crippen LogP contribution in [0.3, 0.4) is 0 Å². The maximum atomic E-state index is 12.3. The Morgan fingerprint density at radius 2 is 1.79 bits per heavy atom. The second-order valence-electron chi connectivity index (χ2n) is 7.72. The van der Waals surface area contributed by atoms with Crippen LogP contribution in [0.25, 0.3) is 0 Å². The molecule has 0 aromatic heterocycles. The second kappa shape index (κ2) is 9.44. The van der Waals surface area contributed by atoms with E-state index in [1.54, 1.807) is 19.1 Å². The molecule has 0 spiro atoms. The number of benzene rings is 2. The lowest BCUT2D eigenvalue weighted by molar-refractivity contribution is -0.121. The fourth-order valence-corrected chi connectivity index (χ4v) is 4.62. The summed E-state index contributed by atoms with van der Waals surface area (Å²) in [6.07, 6.45) is 3.06. The van der Waals surface area contributed by atoms with Gasteiger partial charge >= 0.3 is 0 Å². The van der Waals surface area contributed by atoms with Gasteiger partial charge in [-0.25, -0.2) is 8.42 Å². The Morgan fingerprint density at radius 1 is 1.10 bits per heavy atom. The summed E-state index contributed by atoms with van der Waals surface area (Å²) in [5, 5.41) is 3.17. The Hall–Kier alpha value is -2.34. The largest absolute Gasteiger partial charge is 0.371 e. The first kappa shape index (κ1) is 21.4. The number of hydrogen-bond donors (Lipinski definition) is 1. The van der Waals surface area contributed by atoms with Gasteiger partial charge in [0.05, 0.1) is 10.6 Å². The molecular formula is C23H30N2O3S. The van der Waals surface area contributed by atoms with Crippen molar-refractivity contribution in [2.75, 3.05) is 23.7 Å². The third kappa shape index (κ3) is 5.82. The van der Waals surface area contributed by atoms with Gasteiger partial charge in [0, 0.05) is 31.2 Å². The summed E-state index contributed by atoms with van der Waals surface area (Å²) >= 11 is 0. The van der Waals surface area contributed by atoms with Gasteiger partial charge < -0.3 is 10.2 Å². The van der Waals surface area contributed by atoms with Gasteiger partial charge in [0.15, 0.2) is 9.84 Å². The molecule has 1 aliphatic rings. The van der Waals surface area contributed by atoms with Crippen molar-refractivity contribution in [2.24, 2.45) is 0 Å². The molecule has 3 rings (SSSR count). The van der Waals surface area contributed by atoms with Crippen LogP contribution in [-0.4, -0.2) is 39.2 Å². The van der Waals surface area contributed by atoms with Crippen molar-refractivity contribution in [1.82, 2.24) is 5.32 Å².